The van der Waals surface area contributed by atoms with E-state index in [2.05, 4.69) is 14.9 Å². The molecular formula is C23H24F4N4O2. The Kier molecular flexibility index (Phi) is 5.72. The van der Waals surface area contributed by atoms with E-state index in [4.69, 9.17) is 4.74 Å². The maximum absolute atomic E-state index is 13.6. The lowest BCUT2D eigenvalue weighted by Gasteiger charge is -2.25. The molecule has 2 unspecified atom stereocenters. The maximum atomic E-state index is 13.6. The number of benzene rings is 1. The van der Waals surface area contributed by atoms with Crippen LogP contribution in [0, 0.1) is 5.82 Å². The fourth-order valence-electron chi connectivity index (χ4n) is 4.65. The summed E-state index contributed by atoms with van der Waals surface area (Å²) < 4.78 is 58.8. The van der Waals surface area contributed by atoms with Gasteiger partial charge in [0, 0.05) is 38.5 Å². The molecule has 0 spiro atoms. The number of alkyl halides is 3. The fraction of sp³-hybridized carbons (Fsp3) is 0.522. The molecule has 1 saturated carbocycles. The first-order valence-corrected chi connectivity index (χ1v) is 11.1. The van der Waals surface area contributed by atoms with Crippen molar-refractivity contribution in [2.45, 2.75) is 56.5 Å². The molecule has 1 amide bonds. The minimum atomic E-state index is -4.78. The van der Waals surface area contributed by atoms with Crippen LogP contribution in [0.3, 0.4) is 0 Å². The summed E-state index contributed by atoms with van der Waals surface area (Å²) >= 11 is 0. The molecular weight excluding hydrogens is 440 g/mol. The molecule has 3 fully saturated rings. The van der Waals surface area contributed by atoms with Crippen molar-refractivity contribution in [3.8, 4) is 5.88 Å². The summed E-state index contributed by atoms with van der Waals surface area (Å²) in [4.78, 5) is 25.6. The topological polar surface area (TPSA) is 58.6 Å². The highest BCUT2D eigenvalue weighted by atomic mass is 19.4. The number of fused-ring (bicyclic) bond motifs is 1. The van der Waals surface area contributed by atoms with Crippen LogP contribution >= 0.6 is 0 Å². The van der Waals surface area contributed by atoms with Crippen molar-refractivity contribution in [3.05, 3.63) is 53.2 Å². The van der Waals surface area contributed by atoms with Crippen LogP contribution in [0.25, 0.3) is 0 Å². The van der Waals surface area contributed by atoms with E-state index in [1.807, 2.05) is 0 Å². The number of carbonyl (C=O) groups excluding carboxylic acids is 1. The summed E-state index contributed by atoms with van der Waals surface area (Å²) in [6.07, 6.45) is 1.81. The summed E-state index contributed by atoms with van der Waals surface area (Å²) in [7, 11) is 0. The summed E-state index contributed by atoms with van der Waals surface area (Å²) in [5, 5.41) is 0. The summed E-state index contributed by atoms with van der Waals surface area (Å²) in [5.74, 6) is -0.527. The van der Waals surface area contributed by atoms with Gasteiger partial charge in [0.05, 0.1) is 29.7 Å². The van der Waals surface area contributed by atoms with Gasteiger partial charge >= 0.3 is 6.18 Å². The first-order chi connectivity index (χ1) is 15.8. The van der Waals surface area contributed by atoms with E-state index in [1.165, 1.54) is 6.07 Å². The average molecular weight is 464 g/mol. The van der Waals surface area contributed by atoms with Crippen LogP contribution in [-0.4, -0.2) is 57.5 Å². The second-order valence-corrected chi connectivity index (χ2v) is 8.97. The number of rotatable bonds is 5. The lowest BCUT2D eigenvalue weighted by atomic mass is 10.1. The van der Waals surface area contributed by atoms with Crippen molar-refractivity contribution >= 4 is 5.91 Å². The van der Waals surface area contributed by atoms with Gasteiger partial charge in [-0.25, -0.2) is 9.37 Å². The van der Waals surface area contributed by atoms with Crippen molar-refractivity contribution in [1.82, 2.24) is 19.8 Å². The third-order valence-corrected chi connectivity index (χ3v) is 6.48. The van der Waals surface area contributed by atoms with Crippen LogP contribution in [-0.2, 0) is 17.5 Å². The lowest BCUT2D eigenvalue weighted by molar-refractivity contribution is -0.140. The highest BCUT2D eigenvalue weighted by Crippen LogP contribution is 2.38. The quantitative estimate of drug-likeness (QED) is 0.631. The SMILES string of the molecule is O=C1C2CC(Oc3cnc(C4CC4)cn3)CN2CCCN1Cc1ccc(F)c(C(F)(F)F)c1. The smallest absolute Gasteiger partial charge is 0.419 e. The Morgan fingerprint density at radius 3 is 2.64 bits per heavy atom. The normalized spacial score (nSPS) is 24.0. The second kappa shape index (κ2) is 8.55. The summed E-state index contributed by atoms with van der Waals surface area (Å²) in [5.41, 5.74) is -0.0858. The monoisotopic (exact) mass is 464 g/mol. The van der Waals surface area contributed by atoms with Crippen LogP contribution in [0.1, 0.15) is 48.4 Å². The van der Waals surface area contributed by atoms with Crippen LogP contribution in [0.2, 0.25) is 0 Å². The Bertz CT molecular complexity index is 1030. The van der Waals surface area contributed by atoms with Gasteiger partial charge in [0.2, 0.25) is 11.8 Å². The van der Waals surface area contributed by atoms with Gasteiger partial charge in [-0.1, -0.05) is 6.07 Å². The molecule has 33 heavy (non-hydrogen) atoms. The van der Waals surface area contributed by atoms with Gasteiger partial charge in [-0.05, 0) is 37.0 Å². The number of hydrogen-bond donors (Lipinski definition) is 0. The van der Waals surface area contributed by atoms with Crippen molar-refractivity contribution in [3.63, 3.8) is 0 Å². The standard InChI is InChI=1S/C23H24F4N4O2/c24-18-5-2-14(8-17(18)23(25,26)27)12-31-7-1-6-30-13-16(9-20(30)22(31)32)33-21-11-28-19(10-29-21)15-3-4-15/h2,5,8,10-11,15-16,20H,1,3-4,6-7,9,12-13H2. The molecule has 1 aromatic heterocycles. The Morgan fingerprint density at radius 1 is 1.12 bits per heavy atom. The predicted octanol–water partition coefficient (Wildman–Crippen LogP) is 3.77. The first kappa shape index (κ1) is 22.1. The van der Waals surface area contributed by atoms with Gasteiger partial charge in [0.15, 0.2) is 0 Å². The van der Waals surface area contributed by atoms with Crippen LogP contribution < -0.4 is 4.74 Å². The Labute approximate surface area is 188 Å². The van der Waals surface area contributed by atoms with Gasteiger partial charge in [-0.2, -0.15) is 13.2 Å². The van der Waals surface area contributed by atoms with Gasteiger partial charge in [0.25, 0.3) is 0 Å². The van der Waals surface area contributed by atoms with Crippen molar-refractivity contribution < 1.29 is 27.1 Å². The highest BCUT2D eigenvalue weighted by Gasteiger charge is 2.42. The van der Waals surface area contributed by atoms with Crippen LogP contribution in [0.4, 0.5) is 17.6 Å². The number of carbonyl (C=O) groups is 1. The first-order valence-electron chi connectivity index (χ1n) is 11.1. The van der Waals surface area contributed by atoms with Gasteiger partial charge in [-0.15, -0.1) is 0 Å². The number of ether oxygens (including phenoxy) is 1. The number of nitrogens with zero attached hydrogens (tertiary/aromatic N) is 4. The molecule has 5 rings (SSSR count). The third kappa shape index (κ3) is 4.80. The minimum absolute atomic E-state index is 0.00611. The van der Waals surface area contributed by atoms with Crippen LogP contribution in [0.5, 0.6) is 5.88 Å². The van der Waals surface area contributed by atoms with Gasteiger partial charge < -0.3 is 9.64 Å². The van der Waals surface area contributed by atoms with Crippen molar-refractivity contribution in [2.75, 3.05) is 19.6 Å². The molecule has 6 nitrogen and oxygen atoms in total. The van der Waals surface area contributed by atoms with E-state index in [1.54, 1.807) is 17.3 Å². The van der Waals surface area contributed by atoms with Crippen LogP contribution in [0.15, 0.2) is 30.6 Å². The molecule has 1 aromatic carbocycles. The number of halogens is 4. The van der Waals surface area contributed by atoms with E-state index in [9.17, 15) is 22.4 Å². The fourth-order valence-corrected chi connectivity index (χ4v) is 4.65. The molecule has 2 aliphatic heterocycles. The second-order valence-electron chi connectivity index (χ2n) is 8.97. The molecule has 0 bridgehead atoms. The minimum Gasteiger partial charge on any atom is -0.472 e. The Balaban J connectivity index is 1.25. The lowest BCUT2D eigenvalue weighted by Crippen LogP contribution is -2.42. The Hall–Kier alpha value is -2.75. The zero-order chi connectivity index (χ0) is 23.2. The van der Waals surface area contributed by atoms with E-state index in [0.717, 1.165) is 30.7 Å². The van der Waals surface area contributed by atoms with Crippen molar-refractivity contribution in [2.24, 2.45) is 0 Å². The molecule has 3 heterocycles. The molecule has 1 aliphatic carbocycles. The summed E-state index contributed by atoms with van der Waals surface area (Å²) in [6, 6.07) is 2.49. The third-order valence-electron chi connectivity index (χ3n) is 6.48. The van der Waals surface area contributed by atoms with E-state index in [0.29, 0.717) is 44.3 Å². The number of amides is 1. The molecule has 176 valence electrons. The molecule has 3 aliphatic rings. The average Bonchev–Trinajstić information content (AvgIpc) is 3.56. The number of aromatic nitrogens is 2. The van der Waals surface area contributed by atoms with E-state index >= 15 is 0 Å². The predicted molar refractivity (Wildman–Crippen MR) is 110 cm³/mol. The zero-order valence-electron chi connectivity index (χ0n) is 17.9. The van der Waals surface area contributed by atoms with Gasteiger partial charge in [-0.3, -0.25) is 14.7 Å². The largest absolute Gasteiger partial charge is 0.472 e. The highest BCUT2D eigenvalue weighted by molar-refractivity contribution is 5.82. The maximum Gasteiger partial charge on any atom is 0.419 e. The molecule has 2 aromatic rings. The summed E-state index contributed by atoms with van der Waals surface area (Å²) in [6.45, 7) is 1.71. The zero-order valence-corrected chi connectivity index (χ0v) is 17.9. The molecule has 10 heteroatoms. The van der Waals surface area contributed by atoms with Gasteiger partial charge in [0.1, 0.15) is 11.9 Å². The molecule has 2 atom stereocenters. The van der Waals surface area contributed by atoms with Crippen molar-refractivity contribution in [1.29, 1.82) is 0 Å². The Morgan fingerprint density at radius 2 is 1.94 bits per heavy atom. The molecule has 0 radical (unpaired) electrons. The van der Waals surface area contributed by atoms with E-state index < -0.39 is 23.6 Å². The number of hydrogen-bond acceptors (Lipinski definition) is 5. The molecule has 0 N–H and O–H groups in total. The van der Waals surface area contributed by atoms with E-state index in [-0.39, 0.29) is 24.1 Å². The molecule has 2 saturated heterocycles.